The third-order valence-electron chi connectivity index (χ3n) is 2.82. The number of hydrogen-bond donors (Lipinski definition) is 0. The number of aromatic nitrogens is 3. The number of hydrogen-bond acceptors (Lipinski definition) is 4. The normalized spacial score (nSPS) is 10.4. The van der Waals surface area contributed by atoms with Gasteiger partial charge in [0, 0.05) is 5.56 Å². The van der Waals surface area contributed by atoms with Crippen LogP contribution in [0.5, 0.6) is 0 Å². The first-order chi connectivity index (χ1) is 9.75. The molecule has 0 aliphatic rings. The van der Waals surface area contributed by atoms with E-state index in [9.17, 15) is 9.90 Å². The Labute approximate surface area is 115 Å². The van der Waals surface area contributed by atoms with Crippen LogP contribution in [-0.2, 0) is 0 Å². The van der Waals surface area contributed by atoms with Gasteiger partial charge in [0.1, 0.15) is 5.97 Å². The van der Waals surface area contributed by atoms with E-state index in [1.54, 1.807) is 0 Å². The van der Waals surface area contributed by atoms with Gasteiger partial charge in [-0.15, -0.1) is 5.10 Å². The van der Waals surface area contributed by atoms with Gasteiger partial charge in [-0.1, -0.05) is 48.5 Å². The highest BCUT2D eigenvalue weighted by Gasteiger charge is 2.13. The van der Waals surface area contributed by atoms with Crippen molar-refractivity contribution in [2.24, 2.45) is 0 Å². The van der Waals surface area contributed by atoms with Crippen LogP contribution in [0.25, 0.3) is 17.1 Å². The number of nitrogens with zero attached hydrogens (tertiary/aromatic N) is 3. The molecule has 5 heteroatoms. The third kappa shape index (κ3) is 2.16. The number of carboxylic acids is 1. The summed E-state index contributed by atoms with van der Waals surface area (Å²) in [5.74, 6) is -1.25. The van der Waals surface area contributed by atoms with Crippen molar-refractivity contribution in [3.63, 3.8) is 0 Å². The highest BCUT2D eigenvalue weighted by Crippen LogP contribution is 2.20. The molecular weight excluding hydrogens is 254 g/mol. The average molecular weight is 264 g/mol. The van der Waals surface area contributed by atoms with Crippen LogP contribution in [-0.4, -0.2) is 20.7 Å². The van der Waals surface area contributed by atoms with Gasteiger partial charge in [0.25, 0.3) is 0 Å². The second kappa shape index (κ2) is 4.97. The minimum Gasteiger partial charge on any atom is -0.541 e. The van der Waals surface area contributed by atoms with Crippen LogP contribution >= 0.6 is 0 Å². The fourth-order valence-corrected chi connectivity index (χ4v) is 1.92. The average Bonchev–Trinajstić information content (AvgIpc) is 2.94. The lowest BCUT2D eigenvalue weighted by molar-refractivity contribution is -0.256. The van der Waals surface area contributed by atoms with E-state index in [2.05, 4.69) is 10.1 Å². The molecule has 1 aromatic heterocycles. The van der Waals surface area contributed by atoms with Crippen molar-refractivity contribution in [2.45, 2.75) is 0 Å². The first kappa shape index (κ1) is 12.1. The van der Waals surface area contributed by atoms with E-state index in [-0.39, 0.29) is 5.82 Å². The molecule has 0 amide bonds. The van der Waals surface area contributed by atoms with Gasteiger partial charge in [-0.2, -0.15) is 0 Å². The van der Waals surface area contributed by atoms with Crippen LogP contribution in [0.15, 0.2) is 60.7 Å². The monoisotopic (exact) mass is 264 g/mol. The van der Waals surface area contributed by atoms with Gasteiger partial charge in [-0.25, -0.2) is 9.67 Å². The highest BCUT2D eigenvalue weighted by molar-refractivity contribution is 5.82. The van der Waals surface area contributed by atoms with E-state index in [4.69, 9.17) is 0 Å². The van der Waals surface area contributed by atoms with E-state index >= 15 is 0 Å². The summed E-state index contributed by atoms with van der Waals surface area (Å²) in [5.41, 5.74) is 1.53. The van der Waals surface area contributed by atoms with Gasteiger partial charge in [0.15, 0.2) is 11.6 Å². The van der Waals surface area contributed by atoms with Crippen LogP contribution in [0, 0.1) is 0 Å². The molecule has 20 heavy (non-hydrogen) atoms. The molecule has 3 rings (SSSR count). The minimum absolute atomic E-state index is 0.326. The molecule has 0 N–H and O–H groups in total. The van der Waals surface area contributed by atoms with Crippen LogP contribution in [0.3, 0.4) is 0 Å². The summed E-state index contributed by atoms with van der Waals surface area (Å²) in [5, 5.41) is 15.0. The summed E-state index contributed by atoms with van der Waals surface area (Å²) in [6, 6.07) is 18.5. The lowest BCUT2D eigenvalue weighted by Crippen LogP contribution is -2.23. The zero-order valence-electron chi connectivity index (χ0n) is 10.4. The Hall–Kier alpha value is -2.95. The molecule has 0 aliphatic carbocycles. The topological polar surface area (TPSA) is 70.8 Å². The maximum atomic E-state index is 11.0. The van der Waals surface area contributed by atoms with Crippen molar-refractivity contribution in [1.82, 2.24) is 14.8 Å². The Balaban J connectivity index is 2.20. The van der Waals surface area contributed by atoms with Crippen molar-refractivity contribution in [2.75, 3.05) is 0 Å². The molecule has 0 bridgehead atoms. The molecule has 0 unspecified atom stereocenters. The second-order valence-corrected chi connectivity index (χ2v) is 4.16. The van der Waals surface area contributed by atoms with Crippen LogP contribution in [0.4, 0.5) is 0 Å². The van der Waals surface area contributed by atoms with Crippen molar-refractivity contribution >= 4 is 5.97 Å². The minimum atomic E-state index is -1.39. The van der Waals surface area contributed by atoms with Crippen LogP contribution < -0.4 is 5.11 Å². The predicted molar refractivity (Wildman–Crippen MR) is 71.1 cm³/mol. The van der Waals surface area contributed by atoms with Gasteiger partial charge in [0.2, 0.25) is 0 Å². The quantitative estimate of drug-likeness (QED) is 0.714. The molecule has 0 saturated carbocycles. The summed E-state index contributed by atoms with van der Waals surface area (Å²) < 4.78 is 1.50. The maximum absolute atomic E-state index is 11.0. The van der Waals surface area contributed by atoms with Gasteiger partial charge >= 0.3 is 0 Å². The van der Waals surface area contributed by atoms with E-state index in [1.165, 1.54) is 4.68 Å². The van der Waals surface area contributed by atoms with Crippen LogP contribution in [0.2, 0.25) is 0 Å². The first-order valence-electron chi connectivity index (χ1n) is 6.05. The Morgan fingerprint density at radius 3 is 2.15 bits per heavy atom. The fraction of sp³-hybridized carbons (Fsp3) is 0. The molecule has 98 valence electrons. The van der Waals surface area contributed by atoms with Crippen molar-refractivity contribution < 1.29 is 9.90 Å². The zero-order chi connectivity index (χ0) is 13.9. The summed E-state index contributed by atoms with van der Waals surface area (Å²) in [4.78, 5) is 15.0. The Kier molecular flexibility index (Phi) is 3.01. The standard InChI is InChI=1S/C15H11N3O2/c19-15(20)13-16-14(11-7-3-1-4-8-11)18(17-13)12-9-5-2-6-10-12/h1-10H,(H,19,20)/p-1. The molecule has 0 atom stereocenters. The second-order valence-electron chi connectivity index (χ2n) is 4.16. The number of para-hydroxylation sites is 1. The summed E-state index contributed by atoms with van der Waals surface area (Å²) in [6.45, 7) is 0. The van der Waals surface area contributed by atoms with Gasteiger partial charge in [0.05, 0.1) is 5.69 Å². The van der Waals surface area contributed by atoms with E-state index < -0.39 is 5.97 Å². The molecular formula is C15H10N3O2-. The number of carbonyl (C=O) groups is 1. The fourth-order valence-electron chi connectivity index (χ4n) is 1.92. The Morgan fingerprint density at radius 1 is 0.950 bits per heavy atom. The molecule has 0 radical (unpaired) electrons. The molecule has 5 nitrogen and oxygen atoms in total. The van der Waals surface area contributed by atoms with Gasteiger partial charge in [-0.05, 0) is 12.1 Å². The van der Waals surface area contributed by atoms with E-state index in [1.807, 2.05) is 60.7 Å². The molecule has 0 spiro atoms. The largest absolute Gasteiger partial charge is 0.541 e. The molecule has 0 saturated heterocycles. The van der Waals surface area contributed by atoms with E-state index in [0.717, 1.165) is 11.3 Å². The van der Waals surface area contributed by atoms with Crippen molar-refractivity contribution in [3.8, 4) is 17.1 Å². The number of benzene rings is 2. The maximum Gasteiger partial charge on any atom is 0.197 e. The number of carboxylic acid groups (broad SMARTS) is 1. The Morgan fingerprint density at radius 2 is 1.55 bits per heavy atom. The third-order valence-corrected chi connectivity index (χ3v) is 2.82. The summed E-state index contributed by atoms with van der Waals surface area (Å²) in [6.07, 6.45) is 0. The molecule has 0 fully saturated rings. The van der Waals surface area contributed by atoms with Gasteiger partial charge < -0.3 is 9.90 Å². The van der Waals surface area contributed by atoms with E-state index in [0.29, 0.717) is 5.82 Å². The SMILES string of the molecule is O=C([O-])c1nc(-c2ccccc2)n(-c2ccccc2)n1. The van der Waals surface area contributed by atoms with Crippen molar-refractivity contribution in [3.05, 3.63) is 66.5 Å². The molecule has 0 aliphatic heterocycles. The number of aromatic carboxylic acids is 1. The molecule has 2 aromatic carbocycles. The zero-order valence-corrected chi connectivity index (χ0v) is 10.4. The molecule has 1 heterocycles. The lowest BCUT2D eigenvalue weighted by Gasteiger charge is -2.05. The van der Waals surface area contributed by atoms with Crippen LogP contribution in [0.1, 0.15) is 10.6 Å². The lowest BCUT2D eigenvalue weighted by atomic mass is 10.2. The number of rotatable bonds is 3. The molecule has 3 aromatic rings. The smallest absolute Gasteiger partial charge is 0.197 e. The summed E-state index contributed by atoms with van der Waals surface area (Å²) >= 11 is 0. The van der Waals surface area contributed by atoms with Gasteiger partial charge in [-0.3, -0.25) is 0 Å². The summed E-state index contributed by atoms with van der Waals surface area (Å²) in [7, 11) is 0. The highest BCUT2D eigenvalue weighted by atomic mass is 16.4. The first-order valence-corrected chi connectivity index (χ1v) is 6.05. The Bertz CT molecular complexity index is 679. The predicted octanol–water partition coefficient (Wildman–Crippen LogP) is 1.30. The number of carbonyl (C=O) groups excluding carboxylic acids is 1. The van der Waals surface area contributed by atoms with Crippen molar-refractivity contribution in [1.29, 1.82) is 0 Å².